The molecule has 0 saturated heterocycles. The number of fused-ring (bicyclic) bond motifs is 1. The molecule has 2 nitrogen and oxygen atoms in total. The number of unbranched alkanes of at least 4 members (excludes halogenated alkanes) is 10. The minimum atomic E-state index is 0.360. The van der Waals surface area contributed by atoms with Gasteiger partial charge in [-0.15, -0.1) is 0 Å². The lowest BCUT2D eigenvalue weighted by Crippen LogP contribution is -1.92. The van der Waals surface area contributed by atoms with Crippen molar-refractivity contribution < 1.29 is 5.11 Å². The zero-order valence-electron chi connectivity index (χ0n) is 15.3. The third kappa shape index (κ3) is 6.51. The van der Waals surface area contributed by atoms with Gasteiger partial charge in [0.25, 0.3) is 0 Å². The number of hydrogen-bond acceptors (Lipinski definition) is 2. The standard InChI is InChI=1S/C22H33NO/c1-2-3-4-5-6-7-8-9-10-11-12-15-19-18-22(24)20-16-13-14-17-21(20)23-19/h13-14,16-18H,2-12,15H2,1H3,(H,23,24). The van der Waals surface area contributed by atoms with E-state index < -0.39 is 0 Å². The first-order valence-corrected chi connectivity index (χ1v) is 9.89. The van der Waals surface area contributed by atoms with E-state index >= 15 is 0 Å². The lowest BCUT2D eigenvalue weighted by molar-refractivity contribution is 0.480. The van der Waals surface area contributed by atoms with Crippen molar-refractivity contribution in [2.24, 2.45) is 0 Å². The second kappa shape index (κ2) is 11.1. The van der Waals surface area contributed by atoms with Gasteiger partial charge in [-0.2, -0.15) is 0 Å². The van der Waals surface area contributed by atoms with Crippen molar-refractivity contribution in [2.75, 3.05) is 0 Å². The van der Waals surface area contributed by atoms with Gasteiger partial charge in [0, 0.05) is 17.1 Å². The normalized spacial score (nSPS) is 11.2. The molecule has 0 saturated carbocycles. The van der Waals surface area contributed by atoms with Crippen LogP contribution in [0.5, 0.6) is 5.75 Å². The Hall–Kier alpha value is -1.57. The van der Waals surface area contributed by atoms with Crippen LogP contribution in [0.1, 0.15) is 83.2 Å². The fraction of sp³-hybridized carbons (Fsp3) is 0.591. The van der Waals surface area contributed by atoms with Crippen molar-refractivity contribution in [3.8, 4) is 5.75 Å². The fourth-order valence-corrected chi connectivity index (χ4v) is 3.31. The van der Waals surface area contributed by atoms with E-state index in [9.17, 15) is 5.11 Å². The van der Waals surface area contributed by atoms with E-state index in [4.69, 9.17) is 0 Å². The van der Waals surface area contributed by atoms with Crippen LogP contribution in [0.25, 0.3) is 10.9 Å². The lowest BCUT2D eigenvalue weighted by Gasteiger charge is -2.06. The van der Waals surface area contributed by atoms with Gasteiger partial charge in [-0.05, 0) is 25.0 Å². The molecule has 2 heteroatoms. The number of pyridine rings is 1. The summed E-state index contributed by atoms with van der Waals surface area (Å²) in [5.41, 5.74) is 1.91. The molecule has 2 aromatic rings. The predicted octanol–water partition coefficient (Wildman–Crippen LogP) is 6.79. The van der Waals surface area contributed by atoms with E-state index in [-0.39, 0.29) is 0 Å². The maximum absolute atomic E-state index is 10.1. The summed E-state index contributed by atoms with van der Waals surface area (Å²) >= 11 is 0. The molecule has 1 aromatic carbocycles. The summed E-state index contributed by atoms with van der Waals surface area (Å²) in [6.07, 6.45) is 15.9. The molecule has 0 fully saturated rings. The molecule has 0 bridgehead atoms. The molecule has 0 aliphatic heterocycles. The minimum Gasteiger partial charge on any atom is -0.507 e. The number of aromatic hydroxyl groups is 1. The van der Waals surface area contributed by atoms with Crippen LogP contribution >= 0.6 is 0 Å². The molecule has 1 heterocycles. The monoisotopic (exact) mass is 327 g/mol. The largest absolute Gasteiger partial charge is 0.507 e. The molecule has 0 aliphatic rings. The fourth-order valence-electron chi connectivity index (χ4n) is 3.31. The molecule has 2 rings (SSSR count). The molecule has 0 aliphatic carbocycles. The Labute approximate surface area is 147 Å². The average molecular weight is 328 g/mol. The molecule has 0 atom stereocenters. The molecule has 0 amide bonds. The van der Waals surface area contributed by atoms with E-state index in [1.54, 1.807) is 0 Å². The Morgan fingerprint density at radius 3 is 2.04 bits per heavy atom. The van der Waals surface area contributed by atoms with Gasteiger partial charge in [-0.3, -0.25) is 4.98 Å². The highest BCUT2D eigenvalue weighted by Gasteiger charge is 2.04. The molecule has 0 spiro atoms. The Morgan fingerprint density at radius 2 is 1.38 bits per heavy atom. The van der Waals surface area contributed by atoms with Gasteiger partial charge in [0.05, 0.1) is 5.52 Å². The van der Waals surface area contributed by atoms with Crippen LogP contribution in [0.2, 0.25) is 0 Å². The SMILES string of the molecule is CCCCCCCCCCCCCc1cc(O)c2ccccc2n1. The first kappa shape index (κ1) is 18.8. The van der Waals surface area contributed by atoms with Gasteiger partial charge in [0.15, 0.2) is 0 Å². The third-order valence-electron chi connectivity index (χ3n) is 4.78. The molecule has 24 heavy (non-hydrogen) atoms. The van der Waals surface area contributed by atoms with Crippen LogP contribution in [-0.4, -0.2) is 10.1 Å². The predicted molar refractivity (Wildman–Crippen MR) is 104 cm³/mol. The molecular weight excluding hydrogens is 294 g/mol. The van der Waals surface area contributed by atoms with Crippen molar-refractivity contribution in [2.45, 2.75) is 84.0 Å². The van der Waals surface area contributed by atoms with E-state index in [0.29, 0.717) is 5.75 Å². The molecule has 0 radical (unpaired) electrons. The van der Waals surface area contributed by atoms with Crippen LogP contribution in [0.4, 0.5) is 0 Å². The smallest absolute Gasteiger partial charge is 0.126 e. The van der Waals surface area contributed by atoms with E-state index in [1.807, 2.05) is 30.3 Å². The number of aromatic nitrogens is 1. The summed E-state index contributed by atoms with van der Waals surface area (Å²) in [6.45, 7) is 2.27. The van der Waals surface area contributed by atoms with Crippen molar-refractivity contribution in [3.63, 3.8) is 0 Å². The van der Waals surface area contributed by atoms with Crippen LogP contribution in [0.3, 0.4) is 0 Å². The highest BCUT2D eigenvalue weighted by molar-refractivity contribution is 5.84. The zero-order chi connectivity index (χ0) is 17.0. The summed E-state index contributed by atoms with van der Waals surface area (Å²) in [7, 11) is 0. The van der Waals surface area contributed by atoms with E-state index in [1.165, 1.54) is 70.6 Å². The number of aryl methyl sites for hydroxylation is 1. The first-order chi connectivity index (χ1) is 11.8. The van der Waals surface area contributed by atoms with Crippen molar-refractivity contribution in [1.82, 2.24) is 4.98 Å². The van der Waals surface area contributed by atoms with Crippen LogP contribution in [0, 0.1) is 0 Å². The molecular formula is C22H33NO. The topological polar surface area (TPSA) is 33.1 Å². The first-order valence-electron chi connectivity index (χ1n) is 9.89. The molecule has 1 N–H and O–H groups in total. The van der Waals surface area contributed by atoms with E-state index in [2.05, 4.69) is 11.9 Å². The average Bonchev–Trinajstić information content (AvgIpc) is 2.60. The highest BCUT2D eigenvalue weighted by Crippen LogP contribution is 2.24. The minimum absolute atomic E-state index is 0.360. The Morgan fingerprint density at radius 1 is 0.792 bits per heavy atom. The molecule has 132 valence electrons. The van der Waals surface area contributed by atoms with Crippen molar-refractivity contribution in [1.29, 1.82) is 0 Å². The zero-order valence-corrected chi connectivity index (χ0v) is 15.3. The third-order valence-corrected chi connectivity index (χ3v) is 4.78. The van der Waals surface area contributed by atoms with Gasteiger partial charge in [-0.25, -0.2) is 0 Å². The lowest BCUT2D eigenvalue weighted by atomic mass is 10.0. The van der Waals surface area contributed by atoms with Gasteiger partial charge >= 0.3 is 0 Å². The number of para-hydroxylation sites is 1. The number of benzene rings is 1. The molecule has 0 unspecified atom stereocenters. The van der Waals surface area contributed by atoms with Crippen LogP contribution in [-0.2, 0) is 6.42 Å². The maximum atomic E-state index is 10.1. The summed E-state index contributed by atoms with van der Waals surface area (Å²) in [6, 6.07) is 9.63. The van der Waals surface area contributed by atoms with Gasteiger partial charge in [0.2, 0.25) is 0 Å². The second-order valence-corrected chi connectivity index (χ2v) is 6.94. The second-order valence-electron chi connectivity index (χ2n) is 6.94. The highest BCUT2D eigenvalue weighted by atomic mass is 16.3. The molecule has 1 aromatic heterocycles. The quantitative estimate of drug-likeness (QED) is 0.435. The summed E-state index contributed by atoms with van der Waals surface area (Å²) in [5.74, 6) is 0.360. The number of hydrogen-bond donors (Lipinski definition) is 1. The summed E-state index contributed by atoms with van der Waals surface area (Å²) < 4.78 is 0. The van der Waals surface area contributed by atoms with Crippen LogP contribution in [0.15, 0.2) is 30.3 Å². The van der Waals surface area contributed by atoms with Gasteiger partial charge in [0.1, 0.15) is 5.75 Å². The Bertz CT molecular complexity index is 594. The summed E-state index contributed by atoms with van der Waals surface area (Å²) in [4.78, 5) is 4.66. The van der Waals surface area contributed by atoms with Gasteiger partial charge < -0.3 is 5.11 Å². The Kier molecular flexibility index (Phi) is 8.65. The van der Waals surface area contributed by atoms with Crippen LogP contribution < -0.4 is 0 Å². The van der Waals surface area contributed by atoms with Crippen molar-refractivity contribution in [3.05, 3.63) is 36.0 Å². The Balaban J connectivity index is 1.56. The van der Waals surface area contributed by atoms with Crippen molar-refractivity contribution >= 4 is 10.9 Å². The summed E-state index contributed by atoms with van der Waals surface area (Å²) in [5, 5.41) is 10.9. The van der Waals surface area contributed by atoms with E-state index in [0.717, 1.165) is 23.0 Å². The number of rotatable bonds is 12. The maximum Gasteiger partial charge on any atom is 0.126 e. The van der Waals surface area contributed by atoms with Gasteiger partial charge in [-0.1, -0.05) is 83.3 Å². The number of nitrogens with zero attached hydrogens (tertiary/aromatic N) is 1.